The first-order valence-corrected chi connectivity index (χ1v) is 8.02. The van der Waals surface area contributed by atoms with Crippen LogP contribution in [-0.2, 0) is 17.8 Å². The molecular formula is C13H19IN4O3. The van der Waals surface area contributed by atoms with Gasteiger partial charge in [0.15, 0.2) is 0 Å². The highest BCUT2D eigenvalue weighted by molar-refractivity contribution is 14.1. The van der Waals surface area contributed by atoms with Crippen molar-refractivity contribution in [3.05, 3.63) is 15.0 Å². The molecule has 0 bridgehead atoms. The molecule has 0 aromatic carbocycles. The van der Waals surface area contributed by atoms with Crippen LogP contribution in [0.25, 0.3) is 0 Å². The molecule has 2 amide bonds. The fourth-order valence-electron chi connectivity index (χ4n) is 2.32. The summed E-state index contributed by atoms with van der Waals surface area (Å²) in [6, 6.07) is -0.0388. The molecule has 1 aromatic rings. The number of aromatic nitrogens is 2. The van der Waals surface area contributed by atoms with E-state index in [1.54, 1.807) is 9.58 Å². The van der Waals surface area contributed by atoms with Crippen molar-refractivity contribution in [1.29, 1.82) is 0 Å². The van der Waals surface area contributed by atoms with Crippen LogP contribution in [0.1, 0.15) is 42.7 Å². The van der Waals surface area contributed by atoms with E-state index >= 15 is 0 Å². The topological polar surface area (TPSA) is 90.4 Å². The highest BCUT2D eigenvalue weighted by Gasteiger charge is 2.32. The average molecular weight is 406 g/mol. The fourth-order valence-corrected chi connectivity index (χ4v) is 3.15. The van der Waals surface area contributed by atoms with E-state index in [1.807, 2.05) is 36.4 Å². The Labute approximate surface area is 136 Å². The summed E-state index contributed by atoms with van der Waals surface area (Å²) in [6.45, 7) is 5.21. The lowest BCUT2D eigenvalue weighted by atomic mass is 10.1. The average Bonchev–Trinajstić information content (AvgIpc) is 2.72. The number of ether oxygens (including phenoxy) is 1. The van der Waals surface area contributed by atoms with Gasteiger partial charge in [0.25, 0.3) is 5.91 Å². The fraction of sp³-hybridized carbons (Fsp3) is 0.615. The van der Waals surface area contributed by atoms with Crippen molar-refractivity contribution in [2.75, 3.05) is 6.61 Å². The van der Waals surface area contributed by atoms with Crippen LogP contribution in [0.4, 0.5) is 4.79 Å². The van der Waals surface area contributed by atoms with E-state index in [1.165, 1.54) is 0 Å². The summed E-state index contributed by atoms with van der Waals surface area (Å²) >= 11 is 1.99. The maximum absolute atomic E-state index is 12.1. The van der Waals surface area contributed by atoms with Gasteiger partial charge in [0.05, 0.1) is 37.0 Å². The highest BCUT2D eigenvalue weighted by atomic mass is 127. The van der Waals surface area contributed by atoms with E-state index in [2.05, 4.69) is 5.10 Å². The standard InChI is InChI=1S/C13H19IN4O3/c1-3-4-5-21-13(20)17-7-9-10(12(15)19)11(14)16-18(9)6-8(17)2/h8H,3-7H2,1-2H3,(H2,15,19). The molecule has 0 radical (unpaired) electrons. The summed E-state index contributed by atoms with van der Waals surface area (Å²) in [6.07, 6.45) is 1.46. The number of hydrogen-bond acceptors (Lipinski definition) is 4. The van der Waals surface area contributed by atoms with Gasteiger partial charge in [-0.2, -0.15) is 5.10 Å². The van der Waals surface area contributed by atoms with E-state index in [4.69, 9.17) is 10.5 Å². The molecular weight excluding hydrogens is 387 g/mol. The Morgan fingerprint density at radius 3 is 2.86 bits per heavy atom. The van der Waals surface area contributed by atoms with Crippen molar-refractivity contribution in [2.45, 2.75) is 45.8 Å². The first-order valence-electron chi connectivity index (χ1n) is 6.94. The molecule has 2 N–H and O–H groups in total. The lowest BCUT2D eigenvalue weighted by Gasteiger charge is -2.33. The van der Waals surface area contributed by atoms with Crippen molar-refractivity contribution in [3.8, 4) is 0 Å². The molecule has 116 valence electrons. The van der Waals surface area contributed by atoms with Crippen LogP contribution in [0.15, 0.2) is 0 Å². The third-order valence-corrected chi connectivity index (χ3v) is 4.26. The number of amides is 2. The molecule has 7 nitrogen and oxygen atoms in total. The van der Waals surface area contributed by atoms with Gasteiger partial charge in [-0.05, 0) is 35.9 Å². The molecule has 2 heterocycles. The van der Waals surface area contributed by atoms with Crippen LogP contribution in [0, 0.1) is 3.70 Å². The lowest BCUT2D eigenvalue weighted by molar-refractivity contribution is 0.0705. The first-order chi connectivity index (χ1) is 9.95. The number of rotatable bonds is 4. The van der Waals surface area contributed by atoms with Gasteiger partial charge < -0.3 is 10.5 Å². The smallest absolute Gasteiger partial charge is 0.410 e. The van der Waals surface area contributed by atoms with E-state index < -0.39 is 5.91 Å². The number of halogens is 1. The van der Waals surface area contributed by atoms with Crippen LogP contribution >= 0.6 is 22.6 Å². The Hall–Kier alpha value is -1.32. The molecule has 0 saturated carbocycles. The SMILES string of the molecule is CCCCOC(=O)N1Cc2c(C(N)=O)c(I)nn2CC1C. The van der Waals surface area contributed by atoms with Gasteiger partial charge in [-0.3, -0.25) is 14.4 Å². The van der Waals surface area contributed by atoms with Gasteiger partial charge in [0.1, 0.15) is 3.70 Å². The summed E-state index contributed by atoms with van der Waals surface area (Å²) in [5.41, 5.74) is 6.48. The third kappa shape index (κ3) is 3.30. The normalized spacial score (nSPS) is 17.5. The van der Waals surface area contributed by atoms with E-state index in [-0.39, 0.29) is 12.1 Å². The minimum absolute atomic E-state index is 0.0388. The molecule has 21 heavy (non-hydrogen) atoms. The van der Waals surface area contributed by atoms with Crippen LogP contribution < -0.4 is 5.73 Å². The minimum atomic E-state index is -0.519. The monoisotopic (exact) mass is 406 g/mol. The molecule has 0 aliphatic carbocycles. The summed E-state index contributed by atoms with van der Waals surface area (Å²) < 4.78 is 7.58. The predicted octanol–water partition coefficient (Wildman–Crippen LogP) is 1.73. The summed E-state index contributed by atoms with van der Waals surface area (Å²) in [5, 5.41) is 4.32. The van der Waals surface area contributed by atoms with Crippen molar-refractivity contribution >= 4 is 34.6 Å². The molecule has 0 saturated heterocycles. The number of unbranched alkanes of at least 4 members (excludes halogenated alkanes) is 1. The Bertz CT molecular complexity index is 558. The highest BCUT2D eigenvalue weighted by Crippen LogP contribution is 2.24. The molecule has 0 spiro atoms. The van der Waals surface area contributed by atoms with Crippen molar-refractivity contribution in [3.63, 3.8) is 0 Å². The van der Waals surface area contributed by atoms with E-state index in [0.29, 0.717) is 34.7 Å². The van der Waals surface area contributed by atoms with Crippen molar-refractivity contribution < 1.29 is 14.3 Å². The third-order valence-electron chi connectivity index (χ3n) is 3.51. The quantitative estimate of drug-likeness (QED) is 0.609. The van der Waals surface area contributed by atoms with Gasteiger partial charge in [0, 0.05) is 0 Å². The Kier molecular flexibility index (Phi) is 5.07. The number of carbonyl (C=O) groups is 2. The number of nitrogens with two attached hydrogens (primary N) is 1. The second-order valence-electron chi connectivity index (χ2n) is 5.10. The maximum Gasteiger partial charge on any atom is 0.410 e. The minimum Gasteiger partial charge on any atom is -0.449 e. The Balaban J connectivity index is 2.18. The van der Waals surface area contributed by atoms with Crippen LogP contribution in [-0.4, -0.2) is 39.3 Å². The Morgan fingerprint density at radius 2 is 2.24 bits per heavy atom. The summed E-state index contributed by atoms with van der Waals surface area (Å²) in [7, 11) is 0. The van der Waals surface area contributed by atoms with Crippen LogP contribution in [0.3, 0.4) is 0 Å². The van der Waals surface area contributed by atoms with Crippen molar-refractivity contribution in [2.24, 2.45) is 5.73 Å². The lowest BCUT2D eigenvalue weighted by Crippen LogP contribution is -2.45. The first kappa shape index (κ1) is 16.1. The molecule has 1 aliphatic rings. The molecule has 8 heteroatoms. The number of primary amides is 1. The van der Waals surface area contributed by atoms with Gasteiger partial charge in [-0.15, -0.1) is 0 Å². The zero-order valence-corrected chi connectivity index (χ0v) is 14.3. The number of fused-ring (bicyclic) bond motifs is 1. The largest absolute Gasteiger partial charge is 0.449 e. The molecule has 1 aliphatic heterocycles. The predicted molar refractivity (Wildman–Crippen MR) is 84.7 cm³/mol. The molecule has 1 aromatic heterocycles. The molecule has 1 unspecified atom stereocenters. The van der Waals surface area contributed by atoms with Gasteiger partial charge in [0.2, 0.25) is 0 Å². The Morgan fingerprint density at radius 1 is 1.52 bits per heavy atom. The van der Waals surface area contributed by atoms with Crippen LogP contribution in [0.2, 0.25) is 0 Å². The van der Waals surface area contributed by atoms with Crippen molar-refractivity contribution in [1.82, 2.24) is 14.7 Å². The van der Waals surface area contributed by atoms with Gasteiger partial charge >= 0.3 is 6.09 Å². The zero-order chi connectivity index (χ0) is 15.6. The van der Waals surface area contributed by atoms with Gasteiger partial charge in [-0.25, -0.2) is 4.79 Å². The molecule has 1 atom stereocenters. The van der Waals surface area contributed by atoms with Gasteiger partial charge in [-0.1, -0.05) is 13.3 Å². The zero-order valence-electron chi connectivity index (χ0n) is 12.1. The second-order valence-corrected chi connectivity index (χ2v) is 6.13. The number of nitrogens with zero attached hydrogens (tertiary/aromatic N) is 3. The number of carbonyl (C=O) groups excluding carboxylic acids is 2. The van der Waals surface area contributed by atoms with E-state index in [0.717, 1.165) is 12.8 Å². The van der Waals surface area contributed by atoms with Crippen LogP contribution in [0.5, 0.6) is 0 Å². The van der Waals surface area contributed by atoms with E-state index in [9.17, 15) is 9.59 Å². The molecule has 2 rings (SSSR count). The summed E-state index contributed by atoms with van der Waals surface area (Å²) in [5.74, 6) is -0.519. The number of hydrogen-bond donors (Lipinski definition) is 1. The summed E-state index contributed by atoms with van der Waals surface area (Å²) in [4.78, 5) is 25.3. The second kappa shape index (κ2) is 6.63. The maximum atomic E-state index is 12.1. The molecule has 0 fully saturated rings.